The summed E-state index contributed by atoms with van der Waals surface area (Å²) in [6, 6.07) is -1.95. The molecule has 0 rings (SSSR count). The van der Waals surface area contributed by atoms with Gasteiger partial charge in [-0.15, -0.1) is 0 Å². The van der Waals surface area contributed by atoms with Crippen molar-refractivity contribution >= 4 is 53.5 Å². The minimum Gasteiger partial charge on any atom is -0.444 e. The lowest BCUT2D eigenvalue weighted by molar-refractivity contribution is -0.131. The van der Waals surface area contributed by atoms with Crippen molar-refractivity contribution in [2.24, 2.45) is 0 Å². The Morgan fingerprint density at radius 3 is 1.93 bits per heavy atom. The molecule has 0 unspecified atom stereocenters. The molecule has 41 heavy (non-hydrogen) atoms. The smallest absolute Gasteiger partial charge is 0.410 e. The second kappa shape index (κ2) is 17.3. The summed E-state index contributed by atoms with van der Waals surface area (Å²) in [5.41, 5.74) is -1.56. The van der Waals surface area contributed by atoms with Crippen molar-refractivity contribution in [1.29, 1.82) is 0 Å². The molecule has 234 valence electrons. The van der Waals surface area contributed by atoms with Crippen LogP contribution in [0.4, 0.5) is 9.59 Å². The van der Waals surface area contributed by atoms with Crippen LogP contribution in [0.5, 0.6) is 0 Å². The lowest BCUT2D eigenvalue weighted by Gasteiger charge is -2.27. The molecule has 0 aliphatic carbocycles. The van der Waals surface area contributed by atoms with Gasteiger partial charge < -0.3 is 35.5 Å². The number of rotatable bonds is 14. The number of alkyl carbamates (subject to hydrolysis) is 1. The van der Waals surface area contributed by atoms with Gasteiger partial charge in [-0.25, -0.2) is 9.59 Å². The van der Waals surface area contributed by atoms with Gasteiger partial charge in [0, 0.05) is 25.8 Å². The maximum absolute atomic E-state index is 12.6. The molecule has 0 heterocycles. The molecule has 0 aromatic carbocycles. The van der Waals surface area contributed by atoms with Crippen LogP contribution in [-0.2, 0) is 33.4 Å². The average molecular weight is 605 g/mol. The van der Waals surface area contributed by atoms with E-state index < -0.39 is 66.3 Å². The van der Waals surface area contributed by atoms with Crippen molar-refractivity contribution in [2.45, 2.75) is 85.6 Å². The molecule has 16 heteroatoms. The van der Waals surface area contributed by atoms with Crippen molar-refractivity contribution in [3.05, 3.63) is 0 Å². The monoisotopic (exact) mass is 604 g/mol. The number of carbonyl (C=O) groups excluding carboxylic acids is 7. The summed E-state index contributed by atoms with van der Waals surface area (Å²) in [4.78, 5) is 85.6. The summed E-state index contributed by atoms with van der Waals surface area (Å²) in [7, 11) is 0. The minimum atomic E-state index is -1.07. The highest BCUT2D eigenvalue weighted by Crippen LogP contribution is 2.10. The van der Waals surface area contributed by atoms with Crippen LogP contribution in [-0.4, -0.2) is 102 Å². The first kappa shape index (κ1) is 37.4. The number of hydrogen-bond acceptors (Lipinski definition) is 10. The second-order valence-electron chi connectivity index (χ2n) is 11.0. The van der Waals surface area contributed by atoms with E-state index in [1.54, 1.807) is 41.5 Å². The third-order valence-corrected chi connectivity index (χ3v) is 5.45. The van der Waals surface area contributed by atoms with E-state index in [9.17, 15) is 33.6 Å². The fourth-order valence-electron chi connectivity index (χ4n) is 2.75. The van der Waals surface area contributed by atoms with Crippen LogP contribution in [0.15, 0.2) is 0 Å². The fraction of sp³-hybridized carbons (Fsp3) is 0.720. The van der Waals surface area contributed by atoms with Gasteiger partial charge in [0.2, 0.25) is 23.6 Å². The number of Topliss-reactive ketones (excluding diaryl/α,β-unsaturated/α-hetero) is 1. The number of amides is 6. The fourth-order valence-corrected chi connectivity index (χ4v) is 3.52. The van der Waals surface area contributed by atoms with Gasteiger partial charge in [-0.3, -0.25) is 28.9 Å². The number of carbonyl (C=O) groups is 7. The molecule has 15 nitrogen and oxygen atoms in total. The summed E-state index contributed by atoms with van der Waals surface area (Å²) >= 11 is 0.960. The lowest BCUT2D eigenvalue weighted by Crippen LogP contribution is -2.52. The van der Waals surface area contributed by atoms with Gasteiger partial charge in [-0.2, -0.15) is 0 Å². The van der Waals surface area contributed by atoms with E-state index in [-0.39, 0.29) is 30.5 Å². The van der Waals surface area contributed by atoms with Gasteiger partial charge in [-0.05, 0) is 67.3 Å². The average Bonchev–Trinajstić information content (AvgIpc) is 2.78. The minimum absolute atomic E-state index is 0.0306. The molecule has 0 fully saturated rings. The molecule has 2 atom stereocenters. The Labute approximate surface area is 245 Å². The van der Waals surface area contributed by atoms with Crippen molar-refractivity contribution in [3.8, 4) is 0 Å². The molecular formula is C25H44N6O9S. The quantitative estimate of drug-likeness (QED) is 0.171. The van der Waals surface area contributed by atoms with Gasteiger partial charge in [0.25, 0.3) is 0 Å². The molecule has 0 radical (unpaired) electrons. The summed E-state index contributed by atoms with van der Waals surface area (Å²) in [5, 5.41) is 9.76. The molecule has 0 aromatic heterocycles. The van der Waals surface area contributed by atoms with E-state index in [4.69, 9.17) is 9.47 Å². The zero-order valence-electron chi connectivity index (χ0n) is 25.2. The van der Waals surface area contributed by atoms with E-state index in [0.29, 0.717) is 0 Å². The predicted molar refractivity (Wildman–Crippen MR) is 152 cm³/mol. The van der Waals surface area contributed by atoms with Crippen LogP contribution in [0.3, 0.4) is 0 Å². The third-order valence-electron chi connectivity index (χ3n) is 4.52. The number of nitrogens with zero attached hydrogens (tertiary/aromatic N) is 1. The highest BCUT2D eigenvalue weighted by atomic mass is 32.2. The topological polar surface area (TPSA) is 201 Å². The molecule has 0 saturated heterocycles. The van der Waals surface area contributed by atoms with Crippen LogP contribution in [0.2, 0.25) is 0 Å². The number of ketones is 1. The van der Waals surface area contributed by atoms with E-state index in [1.807, 2.05) is 0 Å². The Balaban J connectivity index is 4.94. The van der Waals surface area contributed by atoms with E-state index in [0.717, 1.165) is 16.8 Å². The molecule has 0 aliphatic rings. The summed E-state index contributed by atoms with van der Waals surface area (Å²) in [5.74, 6) is -2.56. The van der Waals surface area contributed by atoms with Gasteiger partial charge in [0.15, 0.2) is 5.78 Å². The van der Waals surface area contributed by atoms with Crippen molar-refractivity contribution in [1.82, 2.24) is 30.9 Å². The number of hydrogen-bond donors (Lipinski definition) is 5. The summed E-state index contributed by atoms with van der Waals surface area (Å²) in [6.45, 7) is 13.0. The molecule has 0 spiro atoms. The molecule has 0 aromatic rings. The number of ether oxygens (including phenoxy) is 2. The zero-order chi connectivity index (χ0) is 32.0. The van der Waals surface area contributed by atoms with Crippen molar-refractivity contribution < 1.29 is 43.0 Å². The van der Waals surface area contributed by atoms with Crippen LogP contribution in [0.25, 0.3) is 0 Å². The van der Waals surface area contributed by atoms with Crippen molar-refractivity contribution in [3.63, 3.8) is 0 Å². The summed E-state index contributed by atoms with van der Waals surface area (Å²) < 4.78 is 12.9. The number of nitrogens with one attached hydrogen (secondary N) is 5. The Morgan fingerprint density at radius 2 is 1.41 bits per heavy atom. The van der Waals surface area contributed by atoms with Gasteiger partial charge in [0.1, 0.15) is 23.8 Å². The second-order valence-corrected chi connectivity index (χ2v) is 11.9. The predicted octanol–water partition coefficient (Wildman–Crippen LogP) is 0.227. The first-order valence-electron chi connectivity index (χ1n) is 12.9. The van der Waals surface area contributed by atoms with Crippen molar-refractivity contribution in [2.75, 3.05) is 31.9 Å². The standard InChI is InChI=1S/C25H44N6O9S/c1-15(21(36)27-12-19(34)29-18(16(2)32)14-41-30-17(3)33)28-20(35)13-31(23(38)40-25(7,8)9)11-10-26-22(37)39-24(4,5)6/h15,18H,10-14H2,1-9H3,(H,26,37)(H,27,36)(H,28,35)(H,29,34)(H,30,33)/t15-,18-/m0/s1. The zero-order valence-corrected chi connectivity index (χ0v) is 26.0. The van der Waals surface area contributed by atoms with E-state index in [2.05, 4.69) is 26.0 Å². The van der Waals surface area contributed by atoms with Gasteiger partial charge >= 0.3 is 12.2 Å². The van der Waals surface area contributed by atoms with Gasteiger partial charge in [0.05, 0.1) is 12.6 Å². The van der Waals surface area contributed by atoms with Crippen LogP contribution < -0.4 is 26.0 Å². The molecule has 0 saturated carbocycles. The lowest BCUT2D eigenvalue weighted by atomic mass is 10.2. The highest BCUT2D eigenvalue weighted by Gasteiger charge is 2.26. The Morgan fingerprint density at radius 1 is 0.829 bits per heavy atom. The first-order valence-corrected chi connectivity index (χ1v) is 13.9. The normalized spacial score (nSPS) is 12.6. The van der Waals surface area contributed by atoms with Gasteiger partial charge in [-0.1, -0.05) is 0 Å². The van der Waals surface area contributed by atoms with E-state index >= 15 is 0 Å². The third kappa shape index (κ3) is 19.2. The Bertz CT molecular complexity index is 962. The highest BCUT2D eigenvalue weighted by molar-refractivity contribution is 7.98. The maximum Gasteiger partial charge on any atom is 0.410 e. The largest absolute Gasteiger partial charge is 0.444 e. The first-order chi connectivity index (χ1) is 18.7. The SMILES string of the molecule is CC(=O)NSC[C@H](NC(=O)CNC(=O)[C@H](C)NC(=O)CN(CCNC(=O)OC(C)(C)C)C(=O)OC(C)(C)C)C(C)=O. The molecular weight excluding hydrogens is 560 g/mol. The Hall–Kier alpha value is -3.56. The summed E-state index contributed by atoms with van der Waals surface area (Å²) in [6.07, 6.45) is -1.49. The molecule has 5 N–H and O–H groups in total. The van der Waals surface area contributed by atoms with Crippen LogP contribution in [0, 0.1) is 0 Å². The van der Waals surface area contributed by atoms with Crippen LogP contribution >= 0.6 is 11.9 Å². The molecule has 6 amide bonds. The maximum atomic E-state index is 12.6. The Kier molecular flexibility index (Phi) is 15.8. The molecule has 0 bridgehead atoms. The molecule has 0 aliphatic heterocycles. The van der Waals surface area contributed by atoms with E-state index in [1.165, 1.54) is 20.8 Å². The van der Waals surface area contributed by atoms with Crippen LogP contribution in [0.1, 0.15) is 62.3 Å².